The summed E-state index contributed by atoms with van der Waals surface area (Å²) in [6, 6.07) is 96.0. The van der Waals surface area contributed by atoms with E-state index in [9.17, 15) is 103 Å². The topological polar surface area (TPSA) is 291 Å². The highest BCUT2D eigenvalue weighted by Gasteiger charge is 2.47. The fourth-order valence-corrected chi connectivity index (χ4v) is 25.0. The molecule has 644 valence electrons. The molecule has 0 aliphatic rings. The van der Waals surface area contributed by atoms with E-state index in [1.807, 2.05) is 0 Å². The van der Waals surface area contributed by atoms with Gasteiger partial charge in [0.05, 0.1) is 83.1 Å². The highest BCUT2D eigenvalue weighted by atomic mass is 79.9. The third-order valence-corrected chi connectivity index (χ3v) is 29.5. The van der Waals surface area contributed by atoms with Gasteiger partial charge in [-0.2, -0.15) is 39.5 Å². The van der Waals surface area contributed by atoms with Crippen LogP contribution in [0.3, 0.4) is 0 Å². The lowest BCUT2D eigenvalue weighted by atomic mass is 10.2. The van der Waals surface area contributed by atoms with E-state index < -0.39 is 119 Å². The maximum atomic E-state index is 12.7. The van der Waals surface area contributed by atoms with Crippen LogP contribution in [0.2, 0.25) is 0 Å². The molecule has 12 aromatic carbocycles. The van der Waals surface area contributed by atoms with Gasteiger partial charge in [-0.3, -0.25) is 0 Å². The maximum Gasteiger partial charge on any atom is 0.426 e. The highest BCUT2D eigenvalue weighted by molar-refractivity contribution is 9.12. The molecule has 2 heterocycles. The number of halogens is 16. The zero-order valence-corrected chi connectivity index (χ0v) is 78.0. The molecular weight excluding hydrogens is 2200 g/mol. The third-order valence-electron chi connectivity index (χ3n) is 16.5. The second-order valence-electron chi connectivity index (χ2n) is 25.3. The van der Waals surface area contributed by atoms with Gasteiger partial charge in [-0.25, -0.2) is 39.6 Å². The number of thiophene rings is 2. The molecule has 3 unspecified atom stereocenters. The molecule has 0 saturated carbocycles. The number of phenolic OH excluding ortho intramolecular Hbond substituents is 2. The third kappa shape index (κ3) is 28.2. The zero-order valence-electron chi connectivity index (χ0n) is 62.0. The molecule has 0 amide bonds. The zero-order chi connectivity index (χ0) is 90.1. The van der Waals surface area contributed by atoms with Crippen LogP contribution in [0, 0.1) is 0 Å². The first-order valence-corrected chi connectivity index (χ1v) is 48.7. The van der Waals surface area contributed by atoms with Crippen molar-refractivity contribution in [2.75, 3.05) is 17.3 Å². The van der Waals surface area contributed by atoms with Crippen LogP contribution in [0.5, 0.6) is 11.5 Å². The first-order valence-electron chi connectivity index (χ1n) is 34.8. The minimum atomic E-state index is -5.29. The fourth-order valence-electron chi connectivity index (χ4n) is 11.3. The second kappa shape index (κ2) is 43.4. The van der Waals surface area contributed by atoms with Crippen molar-refractivity contribution in [1.29, 1.82) is 0 Å². The molecule has 2 aromatic heterocycles. The van der Waals surface area contributed by atoms with E-state index in [0.29, 0.717) is 4.47 Å². The van der Waals surface area contributed by atoms with Crippen molar-refractivity contribution < 1.29 is 117 Å². The van der Waals surface area contributed by atoms with Crippen LogP contribution < -0.4 is 0 Å². The predicted molar refractivity (Wildman–Crippen MR) is 478 cm³/mol. The van der Waals surface area contributed by atoms with Gasteiger partial charge in [0, 0.05) is 60.4 Å². The van der Waals surface area contributed by atoms with Crippen LogP contribution in [0.15, 0.2) is 331 Å². The highest BCUT2D eigenvalue weighted by Crippen LogP contribution is 2.50. The number of hydrogen-bond donors (Lipinski definition) is 2. The molecule has 0 fully saturated rings. The van der Waals surface area contributed by atoms with E-state index in [4.69, 9.17) is 0 Å². The SMILES string of the molecule is O=C(OC(CS(=O)(=O)[O-])C(F)(F)F)c1c(Br)cc(Br)cc1Br.O=C(OC(CS(=O)(=O)[O-])C(F)(F)F)c1cc(Br)c(O)c(Br)c1.O=C(OC(CS(=O)(=O)[O-])C(F)(F)F)c1cc(Br)cc(Br)c1O.c1ccc(-[s+]2c3ccccc3c3ccccc32)cc1.c1ccc(-[s+]2c3ccccc3c3ccccc32)cc1.c1ccc([S+](c2ccccc2)c2ccccc2)cc1. The van der Waals surface area contributed by atoms with Gasteiger partial charge >= 0.3 is 36.4 Å². The van der Waals surface area contributed by atoms with E-state index in [-0.39, 0.29) is 70.0 Å². The minimum absolute atomic E-state index is 0.00571. The molecule has 0 spiro atoms. The lowest BCUT2D eigenvalue weighted by Gasteiger charge is -2.22. The molecule has 14 aromatic rings. The van der Waals surface area contributed by atoms with Crippen LogP contribution in [0.4, 0.5) is 39.5 Å². The Bertz CT molecular complexity index is 6040. The fraction of sp³-hybridized carbons (Fsp3) is 0.107. The molecule has 123 heavy (non-hydrogen) atoms. The summed E-state index contributed by atoms with van der Waals surface area (Å²) in [5, 5.41) is 24.6. The molecule has 0 saturated heterocycles. The van der Waals surface area contributed by atoms with Crippen molar-refractivity contribution in [2.24, 2.45) is 0 Å². The van der Waals surface area contributed by atoms with E-state index in [2.05, 4.69) is 374 Å². The summed E-state index contributed by atoms with van der Waals surface area (Å²) in [4.78, 5) is 42.1. The van der Waals surface area contributed by atoms with Gasteiger partial charge in [-0.05, 0) is 225 Å². The van der Waals surface area contributed by atoms with Crippen molar-refractivity contribution in [2.45, 2.75) is 51.5 Å². The lowest BCUT2D eigenvalue weighted by Crippen LogP contribution is -2.39. The van der Waals surface area contributed by atoms with Crippen molar-refractivity contribution >= 4 is 232 Å². The number of carbonyl (C=O) groups is 3. The Hall–Kier alpha value is -8.10. The van der Waals surface area contributed by atoms with Gasteiger partial charge < -0.3 is 38.1 Å². The Morgan fingerprint density at radius 3 is 0.894 bits per heavy atom. The number of rotatable bonds is 17. The molecule has 0 aliphatic carbocycles. The van der Waals surface area contributed by atoms with Gasteiger partial charge in [0.2, 0.25) is 18.3 Å². The van der Waals surface area contributed by atoms with E-state index >= 15 is 0 Å². The number of esters is 3. The van der Waals surface area contributed by atoms with Crippen molar-refractivity contribution in [3.63, 3.8) is 0 Å². The molecular formula is C84H58Br7F9O17S6. The summed E-state index contributed by atoms with van der Waals surface area (Å²) in [6.07, 6.45) is -25.0. The average molecular weight is 2260 g/mol. The van der Waals surface area contributed by atoms with Gasteiger partial charge in [0.25, 0.3) is 0 Å². The van der Waals surface area contributed by atoms with Gasteiger partial charge in [0.1, 0.15) is 17.1 Å². The quantitative estimate of drug-likeness (QED) is 0.0281. The number of ether oxygens (including phenoxy) is 3. The van der Waals surface area contributed by atoms with Crippen molar-refractivity contribution in [3.05, 3.63) is 333 Å². The Morgan fingerprint density at radius 1 is 0.341 bits per heavy atom. The Morgan fingerprint density at radius 2 is 0.593 bits per heavy atom. The van der Waals surface area contributed by atoms with Crippen LogP contribution >= 0.6 is 132 Å². The molecule has 17 nitrogen and oxygen atoms in total. The molecule has 14 rings (SSSR count). The van der Waals surface area contributed by atoms with Gasteiger partial charge in [-0.15, -0.1) is 0 Å². The van der Waals surface area contributed by atoms with Crippen LogP contribution in [0.25, 0.3) is 50.1 Å². The Balaban J connectivity index is 0.000000167. The molecule has 0 radical (unpaired) electrons. The van der Waals surface area contributed by atoms with E-state index in [1.165, 1.54) is 83.0 Å². The number of hydrogen-bond acceptors (Lipinski definition) is 17. The summed E-state index contributed by atoms with van der Waals surface area (Å²) in [7, 11) is -15.7. The second-order valence-corrected chi connectivity index (χ2v) is 41.7. The van der Waals surface area contributed by atoms with Crippen LogP contribution in [-0.4, -0.2) is 121 Å². The molecule has 39 heteroatoms. The number of phenols is 2. The molecule has 0 bridgehead atoms. The largest absolute Gasteiger partial charge is 0.748 e. The molecule has 2 N–H and O–H groups in total. The molecule has 0 aliphatic heterocycles. The predicted octanol–water partition coefficient (Wildman–Crippen LogP) is 25.0. The number of carbonyl (C=O) groups excluding carboxylic acids is 3. The Kier molecular flexibility index (Phi) is 34.8. The number of fused-ring (bicyclic) bond motifs is 6. The summed E-state index contributed by atoms with van der Waals surface area (Å²) >= 11 is 20.6. The van der Waals surface area contributed by atoms with E-state index in [0.717, 1.165) is 18.2 Å². The first kappa shape index (κ1) is 98.7. The van der Waals surface area contributed by atoms with Crippen LogP contribution in [0.1, 0.15) is 31.1 Å². The first-order chi connectivity index (χ1) is 57.8. The summed E-state index contributed by atoms with van der Waals surface area (Å²) < 4.78 is 227. The normalized spacial score (nSPS) is 12.5. The Labute approximate surface area is 764 Å². The average Bonchev–Trinajstić information content (AvgIpc) is 1.60. The number of benzene rings is 12. The standard InChI is InChI=1S/2C18H13S.C18H15S.C10H6Br3F3O5S.2C10H7Br2F3O6S/c2*1-2-8-14(9-3-1)19-17-12-6-4-10-15(17)16-11-5-7-13-18(16)19;1-4-10-16(11-5-1)19(17-12-6-2-7-13-17)18-14-8-3-9-15-18;11-4-1-5(12)8(6(13)2-4)9(17)21-7(10(14,15)16)3-22(18,19)20;11-4-1-5(8(16)6(12)2-4)9(17)21-7(10(13,14)15)3-22(18,19)20;11-5-1-4(2-6(12)8(5)16)9(17)21-7(10(13,14)15)3-22(18,19)20/h2*1-13H;1-15H;1-2,7H,3H2,(H,18,19,20);2*1-2,7,16H,3H2,(H,18,19,20)/q3*+1;;;/p-3. The monoisotopic (exact) mass is 2250 g/mol. The van der Waals surface area contributed by atoms with Gasteiger partial charge in [0.15, 0.2) is 43.3 Å². The lowest BCUT2D eigenvalue weighted by molar-refractivity contribution is -0.197. The summed E-state index contributed by atoms with van der Waals surface area (Å²) in [5.74, 6) is -11.4. The summed E-state index contributed by atoms with van der Waals surface area (Å²) in [5.41, 5.74) is -1.31. The number of aromatic hydroxyl groups is 2. The van der Waals surface area contributed by atoms with E-state index in [1.54, 1.807) is 0 Å². The van der Waals surface area contributed by atoms with Crippen molar-refractivity contribution in [3.8, 4) is 21.3 Å². The molecule has 3 atom stereocenters. The maximum absolute atomic E-state index is 12.7. The number of alkyl halides is 9. The van der Waals surface area contributed by atoms with Gasteiger partial charge in [-0.1, -0.05) is 171 Å². The van der Waals surface area contributed by atoms with Crippen LogP contribution in [-0.2, 0) is 55.5 Å². The van der Waals surface area contributed by atoms with Crippen molar-refractivity contribution in [1.82, 2.24) is 0 Å². The minimum Gasteiger partial charge on any atom is -0.748 e. The summed E-state index contributed by atoms with van der Waals surface area (Å²) in [6.45, 7) is 0. The smallest absolute Gasteiger partial charge is 0.426 e.